The van der Waals surface area contributed by atoms with Crippen molar-refractivity contribution in [1.29, 1.82) is 0 Å². The van der Waals surface area contributed by atoms with Crippen LogP contribution in [0.15, 0.2) is 54.6 Å². The van der Waals surface area contributed by atoms with Gasteiger partial charge < -0.3 is 14.8 Å². The third-order valence-electron chi connectivity index (χ3n) is 4.29. The van der Waals surface area contributed by atoms with Crippen LogP contribution in [0.5, 0.6) is 0 Å². The molecule has 2 aromatic carbocycles. The fourth-order valence-corrected chi connectivity index (χ4v) is 2.97. The molecule has 0 unspecified atom stereocenters. The maximum Gasteiger partial charge on any atom is 0.254 e. The van der Waals surface area contributed by atoms with E-state index in [1.165, 1.54) is 11.6 Å². The number of carboxylic acid groups (broad SMARTS) is 1. The molecule has 0 spiro atoms. The van der Waals surface area contributed by atoms with Crippen LogP contribution in [0.1, 0.15) is 26.3 Å². The Kier molecular flexibility index (Phi) is 4.91. The monoisotopic (exact) mass is 323 g/mol. The van der Waals surface area contributed by atoms with Crippen molar-refractivity contribution in [3.8, 4) is 0 Å². The van der Waals surface area contributed by atoms with Crippen molar-refractivity contribution in [3.63, 3.8) is 0 Å². The number of nitrogens with zero attached hydrogens (tertiary/aromatic N) is 2. The second-order valence-corrected chi connectivity index (χ2v) is 5.89. The Hall–Kier alpha value is -2.66. The Balaban J connectivity index is 1.62. The first kappa shape index (κ1) is 16.2. The minimum atomic E-state index is -1.32. The number of carbonyl (C=O) groups is 2. The van der Waals surface area contributed by atoms with Crippen LogP contribution in [-0.2, 0) is 6.54 Å². The second kappa shape index (κ2) is 7.27. The summed E-state index contributed by atoms with van der Waals surface area (Å²) in [6.07, 6.45) is 0. The van der Waals surface area contributed by atoms with E-state index in [1.807, 2.05) is 18.2 Å². The maximum atomic E-state index is 12.6. The fourth-order valence-electron chi connectivity index (χ4n) is 2.97. The molecule has 0 saturated carbocycles. The van der Waals surface area contributed by atoms with Crippen molar-refractivity contribution in [3.05, 3.63) is 71.3 Å². The number of hydrogen-bond acceptors (Lipinski definition) is 4. The van der Waals surface area contributed by atoms with Crippen LogP contribution < -0.4 is 5.11 Å². The smallest absolute Gasteiger partial charge is 0.254 e. The van der Waals surface area contributed by atoms with Gasteiger partial charge in [-0.1, -0.05) is 48.5 Å². The van der Waals surface area contributed by atoms with Gasteiger partial charge in [-0.05, 0) is 11.6 Å². The van der Waals surface area contributed by atoms with Crippen molar-refractivity contribution < 1.29 is 14.7 Å². The Morgan fingerprint density at radius 1 is 0.833 bits per heavy atom. The second-order valence-electron chi connectivity index (χ2n) is 5.89. The molecule has 0 radical (unpaired) electrons. The number of carbonyl (C=O) groups excluding carboxylic acids is 2. The van der Waals surface area contributed by atoms with Gasteiger partial charge in [0.1, 0.15) is 0 Å². The minimum Gasteiger partial charge on any atom is -0.545 e. The standard InChI is InChI=1S/C19H20N2O3/c22-18(16-8-4-5-9-17(16)19(23)24)21-12-10-20(11-13-21)14-15-6-2-1-3-7-15/h1-9H,10-14H2,(H,23,24)/p-1. The van der Waals surface area contributed by atoms with Crippen LogP contribution in [-0.4, -0.2) is 47.9 Å². The molecule has 1 heterocycles. The average molecular weight is 323 g/mol. The summed E-state index contributed by atoms with van der Waals surface area (Å²) in [7, 11) is 0. The molecule has 1 aliphatic heterocycles. The van der Waals surface area contributed by atoms with E-state index in [2.05, 4.69) is 17.0 Å². The van der Waals surface area contributed by atoms with Crippen molar-refractivity contribution in [1.82, 2.24) is 9.80 Å². The molecule has 5 heteroatoms. The summed E-state index contributed by atoms with van der Waals surface area (Å²) in [5, 5.41) is 11.2. The van der Waals surface area contributed by atoms with Crippen LogP contribution in [0.25, 0.3) is 0 Å². The number of carboxylic acids is 1. The van der Waals surface area contributed by atoms with Crippen molar-refractivity contribution in [2.75, 3.05) is 26.2 Å². The van der Waals surface area contributed by atoms with Gasteiger partial charge in [0.25, 0.3) is 5.91 Å². The molecule has 3 rings (SSSR count). The summed E-state index contributed by atoms with van der Waals surface area (Å²) in [6.45, 7) is 3.58. The van der Waals surface area contributed by atoms with Gasteiger partial charge in [-0.25, -0.2) is 0 Å². The van der Waals surface area contributed by atoms with E-state index in [4.69, 9.17) is 0 Å². The van der Waals surface area contributed by atoms with E-state index >= 15 is 0 Å². The lowest BCUT2D eigenvalue weighted by atomic mass is 10.1. The molecule has 1 fully saturated rings. The average Bonchev–Trinajstić information content (AvgIpc) is 2.62. The first-order valence-corrected chi connectivity index (χ1v) is 8.01. The Labute approximate surface area is 141 Å². The zero-order valence-electron chi connectivity index (χ0n) is 13.4. The summed E-state index contributed by atoms with van der Waals surface area (Å²) in [5.41, 5.74) is 1.41. The van der Waals surface area contributed by atoms with Crippen LogP contribution >= 0.6 is 0 Å². The van der Waals surface area contributed by atoms with Crippen molar-refractivity contribution in [2.24, 2.45) is 0 Å². The highest BCUT2D eigenvalue weighted by atomic mass is 16.4. The SMILES string of the molecule is O=C([O-])c1ccccc1C(=O)N1CCN(Cc2ccccc2)CC1. The highest BCUT2D eigenvalue weighted by molar-refractivity contribution is 6.04. The molecule has 0 N–H and O–H groups in total. The van der Waals surface area contributed by atoms with Gasteiger partial charge in [0.15, 0.2) is 0 Å². The molecular formula is C19H19N2O3-. The highest BCUT2D eigenvalue weighted by Gasteiger charge is 2.23. The van der Waals surface area contributed by atoms with Crippen LogP contribution in [0.4, 0.5) is 0 Å². The van der Waals surface area contributed by atoms with E-state index in [-0.39, 0.29) is 17.0 Å². The third kappa shape index (κ3) is 3.63. The van der Waals surface area contributed by atoms with Gasteiger partial charge in [0, 0.05) is 43.9 Å². The van der Waals surface area contributed by atoms with E-state index in [9.17, 15) is 14.7 Å². The van der Waals surface area contributed by atoms with E-state index < -0.39 is 5.97 Å². The molecule has 0 aliphatic carbocycles. The van der Waals surface area contributed by atoms with Gasteiger partial charge in [-0.3, -0.25) is 9.69 Å². The molecule has 24 heavy (non-hydrogen) atoms. The molecule has 5 nitrogen and oxygen atoms in total. The van der Waals surface area contributed by atoms with E-state index in [1.54, 1.807) is 23.1 Å². The first-order valence-electron chi connectivity index (χ1n) is 8.01. The molecule has 1 amide bonds. The van der Waals surface area contributed by atoms with Gasteiger partial charge in [-0.15, -0.1) is 0 Å². The van der Waals surface area contributed by atoms with E-state index in [0.717, 1.165) is 19.6 Å². The van der Waals surface area contributed by atoms with E-state index in [0.29, 0.717) is 13.1 Å². The van der Waals surface area contributed by atoms with Crippen molar-refractivity contribution >= 4 is 11.9 Å². The zero-order valence-corrected chi connectivity index (χ0v) is 13.4. The van der Waals surface area contributed by atoms with Crippen molar-refractivity contribution in [2.45, 2.75) is 6.54 Å². The number of aromatic carboxylic acids is 1. The van der Waals surface area contributed by atoms with Gasteiger partial charge in [0.2, 0.25) is 0 Å². The Bertz CT molecular complexity index is 722. The normalized spacial score (nSPS) is 15.2. The van der Waals surface area contributed by atoms with Gasteiger partial charge in [-0.2, -0.15) is 0 Å². The Morgan fingerprint density at radius 3 is 2.04 bits per heavy atom. The summed E-state index contributed by atoms with van der Waals surface area (Å²) in [4.78, 5) is 27.8. The molecule has 1 saturated heterocycles. The molecule has 124 valence electrons. The molecular weight excluding hydrogens is 304 g/mol. The highest BCUT2D eigenvalue weighted by Crippen LogP contribution is 2.14. The largest absolute Gasteiger partial charge is 0.545 e. The minimum absolute atomic E-state index is 0.0470. The predicted octanol–water partition coefficient (Wildman–Crippen LogP) is 1.01. The summed E-state index contributed by atoms with van der Waals surface area (Å²) in [6, 6.07) is 16.4. The summed E-state index contributed by atoms with van der Waals surface area (Å²) < 4.78 is 0. The number of hydrogen-bond donors (Lipinski definition) is 0. The number of rotatable bonds is 4. The summed E-state index contributed by atoms with van der Waals surface area (Å²) in [5.74, 6) is -1.56. The number of piperazine rings is 1. The lowest BCUT2D eigenvalue weighted by molar-refractivity contribution is -0.255. The molecule has 2 aromatic rings. The predicted molar refractivity (Wildman–Crippen MR) is 88.4 cm³/mol. The van der Waals surface area contributed by atoms with Gasteiger partial charge in [0.05, 0.1) is 5.97 Å². The third-order valence-corrected chi connectivity index (χ3v) is 4.29. The topological polar surface area (TPSA) is 63.7 Å². The maximum absolute atomic E-state index is 12.6. The number of amides is 1. The number of benzene rings is 2. The molecule has 0 aromatic heterocycles. The summed E-state index contributed by atoms with van der Waals surface area (Å²) >= 11 is 0. The van der Waals surface area contributed by atoms with Gasteiger partial charge >= 0.3 is 0 Å². The molecule has 0 atom stereocenters. The van der Waals surface area contributed by atoms with Crippen LogP contribution in [0.3, 0.4) is 0 Å². The zero-order chi connectivity index (χ0) is 16.9. The molecule has 0 bridgehead atoms. The molecule has 1 aliphatic rings. The fraction of sp³-hybridized carbons (Fsp3) is 0.263. The lowest BCUT2D eigenvalue weighted by Gasteiger charge is -2.35. The van der Waals surface area contributed by atoms with Crippen LogP contribution in [0, 0.1) is 0 Å². The van der Waals surface area contributed by atoms with Crippen LogP contribution in [0.2, 0.25) is 0 Å². The lowest BCUT2D eigenvalue weighted by Crippen LogP contribution is -2.48. The quantitative estimate of drug-likeness (QED) is 0.842. The first-order chi connectivity index (χ1) is 11.6. The Morgan fingerprint density at radius 2 is 1.42 bits per heavy atom.